The van der Waals surface area contributed by atoms with Gasteiger partial charge in [-0.05, 0) is 147 Å². The Morgan fingerprint density at radius 1 is 0.745 bits per heavy atom. The van der Waals surface area contributed by atoms with Crippen LogP contribution >= 0.6 is 0 Å². The summed E-state index contributed by atoms with van der Waals surface area (Å²) in [6, 6.07) is 0. The number of hydrogen-bond donors (Lipinski definition) is 0. The molecule has 3 fully saturated rings. The average Bonchev–Trinajstić information content (AvgIpc) is 3.30. The highest BCUT2D eigenvalue weighted by molar-refractivity contribution is 6.75. The smallest absolute Gasteiger partial charge is 0.192 e. The van der Waals surface area contributed by atoms with E-state index in [0.717, 1.165) is 49.5 Å². The summed E-state index contributed by atoms with van der Waals surface area (Å²) >= 11 is 0. The molecule has 0 spiro atoms. The SMILES string of the molecule is CC(C)C[C@H](C)C1CCC2/C(=C/C=C3C[C@@H](O[Si](C)(C)C(C)(C)C)C(=CCCO[Si](C)(C)C(C)(C)C)[C@H](O[Si](C)(C)C(C)(C)C)C3)CCC[C@@]21C. The predicted octanol–water partition coefficient (Wildman–Crippen LogP) is 14.7. The van der Waals surface area contributed by atoms with Crippen molar-refractivity contribution < 1.29 is 13.3 Å². The lowest BCUT2D eigenvalue weighted by Gasteiger charge is -2.46. The molecule has 51 heavy (non-hydrogen) atoms. The topological polar surface area (TPSA) is 27.7 Å². The van der Waals surface area contributed by atoms with Crippen LogP contribution in [0.3, 0.4) is 0 Å². The molecular formula is C45H86O3Si3. The predicted molar refractivity (Wildman–Crippen MR) is 232 cm³/mol. The van der Waals surface area contributed by atoms with E-state index in [0.29, 0.717) is 5.41 Å². The van der Waals surface area contributed by atoms with Crippen molar-refractivity contribution in [3.63, 3.8) is 0 Å². The molecule has 0 radical (unpaired) electrons. The van der Waals surface area contributed by atoms with Gasteiger partial charge in [-0.3, -0.25) is 0 Å². The highest BCUT2D eigenvalue weighted by atomic mass is 28.4. The lowest BCUT2D eigenvalue weighted by molar-refractivity contribution is 0.0893. The van der Waals surface area contributed by atoms with Crippen LogP contribution in [-0.2, 0) is 13.3 Å². The highest BCUT2D eigenvalue weighted by Crippen LogP contribution is 2.60. The zero-order valence-electron chi connectivity index (χ0n) is 37.5. The molecule has 6 atom stereocenters. The van der Waals surface area contributed by atoms with Gasteiger partial charge in [-0.1, -0.05) is 119 Å². The molecule has 0 saturated heterocycles. The first-order chi connectivity index (χ1) is 23.0. The summed E-state index contributed by atoms with van der Waals surface area (Å²) in [5.74, 6) is 3.19. The van der Waals surface area contributed by atoms with Crippen molar-refractivity contribution in [1.82, 2.24) is 0 Å². The molecule has 3 nitrogen and oxygen atoms in total. The minimum absolute atomic E-state index is 0.0521. The van der Waals surface area contributed by atoms with Gasteiger partial charge in [0.25, 0.3) is 0 Å². The zero-order valence-corrected chi connectivity index (χ0v) is 40.5. The molecule has 0 heterocycles. The van der Waals surface area contributed by atoms with Crippen molar-refractivity contribution in [3.8, 4) is 0 Å². The van der Waals surface area contributed by atoms with Crippen LogP contribution in [0.4, 0.5) is 0 Å². The Bertz CT molecular complexity index is 1210. The van der Waals surface area contributed by atoms with Crippen LogP contribution in [0.1, 0.15) is 148 Å². The molecule has 0 aromatic carbocycles. The van der Waals surface area contributed by atoms with Gasteiger partial charge in [-0.25, -0.2) is 0 Å². The minimum atomic E-state index is -2.06. The molecule has 6 heteroatoms. The molecule has 3 aliphatic rings. The van der Waals surface area contributed by atoms with E-state index in [9.17, 15) is 0 Å². The van der Waals surface area contributed by atoms with Gasteiger partial charge in [0.1, 0.15) is 0 Å². The van der Waals surface area contributed by atoms with Gasteiger partial charge in [0, 0.05) is 6.61 Å². The Balaban J connectivity index is 2.03. The van der Waals surface area contributed by atoms with Crippen molar-refractivity contribution in [2.24, 2.45) is 29.1 Å². The first-order valence-electron chi connectivity index (χ1n) is 21.1. The minimum Gasteiger partial charge on any atom is -0.417 e. The molecule has 0 aromatic rings. The maximum absolute atomic E-state index is 7.43. The van der Waals surface area contributed by atoms with Gasteiger partial charge in [0.05, 0.1) is 12.2 Å². The van der Waals surface area contributed by atoms with Gasteiger partial charge in [-0.2, -0.15) is 0 Å². The van der Waals surface area contributed by atoms with Crippen LogP contribution < -0.4 is 0 Å². The number of allylic oxidation sites excluding steroid dienone is 3. The lowest BCUT2D eigenvalue weighted by Crippen LogP contribution is -2.50. The maximum Gasteiger partial charge on any atom is 0.192 e. The number of hydrogen-bond acceptors (Lipinski definition) is 3. The Labute approximate surface area is 322 Å². The standard InChI is InChI=1S/C45H86O3Si3/c1-33(2)30-34(3)38-26-27-39-36(22-20-28-45(38,39)13)25-24-35-31-40(47-50(16,17)43(7,8)9)37(23-21-29-46-49(14,15)42(4,5)6)41(32-35)48-51(18,19)44(10,11)12/h23-25,33-34,38-41H,20-22,26-32H2,1-19H3/b35-24?,36-25+,37-23?/t34-,38?,39?,40+,41+,45+/m0/s1. The highest BCUT2D eigenvalue weighted by Gasteiger charge is 2.51. The van der Waals surface area contributed by atoms with Crippen molar-refractivity contribution in [1.29, 1.82) is 0 Å². The second-order valence-electron chi connectivity index (χ2n) is 22.5. The van der Waals surface area contributed by atoms with Gasteiger partial charge in [0.15, 0.2) is 25.0 Å². The van der Waals surface area contributed by atoms with Crippen LogP contribution in [-0.4, -0.2) is 43.8 Å². The molecule has 296 valence electrons. The molecular weight excluding hydrogens is 673 g/mol. The van der Waals surface area contributed by atoms with Crippen molar-refractivity contribution >= 4 is 25.0 Å². The van der Waals surface area contributed by atoms with E-state index in [4.69, 9.17) is 13.3 Å². The number of rotatable bonds is 12. The van der Waals surface area contributed by atoms with Gasteiger partial charge >= 0.3 is 0 Å². The fraction of sp³-hybridized carbons (Fsp3) is 0.867. The second-order valence-corrected chi connectivity index (χ2v) is 36.8. The lowest BCUT2D eigenvalue weighted by atomic mass is 9.60. The summed E-state index contributed by atoms with van der Waals surface area (Å²) in [7, 11) is -5.93. The fourth-order valence-corrected chi connectivity index (χ4v) is 12.4. The van der Waals surface area contributed by atoms with Crippen LogP contribution in [0.5, 0.6) is 0 Å². The number of fused-ring (bicyclic) bond motifs is 1. The monoisotopic (exact) mass is 759 g/mol. The summed E-state index contributed by atoms with van der Waals surface area (Å²) in [5, 5.41) is 0.491. The van der Waals surface area contributed by atoms with Gasteiger partial charge in [-0.15, -0.1) is 0 Å². The first-order valence-corrected chi connectivity index (χ1v) is 29.8. The molecule has 0 amide bonds. The van der Waals surface area contributed by atoms with E-state index in [-0.39, 0.29) is 27.3 Å². The first kappa shape index (κ1) is 45.1. The molecule has 0 aliphatic heterocycles. The van der Waals surface area contributed by atoms with Crippen molar-refractivity contribution in [3.05, 3.63) is 34.9 Å². The molecule has 3 rings (SSSR count). The van der Waals surface area contributed by atoms with E-state index in [1.54, 1.807) is 5.57 Å². The van der Waals surface area contributed by atoms with E-state index in [1.807, 2.05) is 0 Å². The van der Waals surface area contributed by atoms with Crippen LogP contribution in [0, 0.1) is 29.1 Å². The maximum atomic E-state index is 7.43. The van der Waals surface area contributed by atoms with E-state index in [2.05, 4.69) is 148 Å². The molecule has 3 saturated carbocycles. The third-order valence-electron chi connectivity index (χ3n) is 15.0. The summed E-state index contributed by atoms with van der Waals surface area (Å²) in [5.41, 5.74) is 5.08. The summed E-state index contributed by atoms with van der Waals surface area (Å²) in [6.45, 7) is 46.5. The Kier molecular flexibility index (Phi) is 14.6. The van der Waals surface area contributed by atoms with Gasteiger partial charge < -0.3 is 13.3 Å². The summed E-state index contributed by atoms with van der Waals surface area (Å²) < 4.78 is 21.5. The summed E-state index contributed by atoms with van der Waals surface area (Å²) in [4.78, 5) is 0. The van der Waals surface area contributed by atoms with Crippen LogP contribution in [0.2, 0.25) is 54.4 Å². The van der Waals surface area contributed by atoms with Crippen LogP contribution in [0.15, 0.2) is 34.9 Å². The van der Waals surface area contributed by atoms with E-state index in [1.165, 1.54) is 49.7 Å². The molecule has 0 bridgehead atoms. The zero-order chi connectivity index (χ0) is 39.0. The third kappa shape index (κ3) is 11.0. The summed E-state index contributed by atoms with van der Waals surface area (Å²) in [6.07, 6.45) is 18.7. The normalized spacial score (nSPS) is 28.7. The van der Waals surface area contributed by atoms with E-state index >= 15 is 0 Å². The Morgan fingerprint density at radius 3 is 1.73 bits per heavy atom. The molecule has 0 aromatic heterocycles. The van der Waals surface area contributed by atoms with E-state index < -0.39 is 25.0 Å². The quantitative estimate of drug-likeness (QED) is 0.113. The van der Waals surface area contributed by atoms with Crippen molar-refractivity contribution in [2.75, 3.05) is 6.61 Å². The Hall–Kier alpha value is -0.249. The average molecular weight is 759 g/mol. The second kappa shape index (κ2) is 16.5. The molecule has 0 N–H and O–H groups in total. The van der Waals surface area contributed by atoms with Crippen LogP contribution in [0.25, 0.3) is 0 Å². The third-order valence-corrected chi connectivity index (χ3v) is 28.5. The Morgan fingerprint density at radius 2 is 1.25 bits per heavy atom. The molecule has 3 aliphatic carbocycles. The van der Waals surface area contributed by atoms with Crippen molar-refractivity contribution in [2.45, 2.75) is 214 Å². The fourth-order valence-electron chi connectivity index (χ4n) is 8.79. The molecule has 2 unspecified atom stereocenters. The largest absolute Gasteiger partial charge is 0.417 e. The van der Waals surface area contributed by atoms with Gasteiger partial charge in [0.2, 0.25) is 0 Å².